The van der Waals surface area contributed by atoms with Gasteiger partial charge in [0.25, 0.3) is 0 Å². The molecule has 0 saturated heterocycles. The van der Waals surface area contributed by atoms with Crippen molar-refractivity contribution in [1.29, 1.82) is 0 Å². The summed E-state index contributed by atoms with van der Waals surface area (Å²) < 4.78 is 10.8. The summed E-state index contributed by atoms with van der Waals surface area (Å²) in [5.41, 5.74) is 2.28. The molecule has 0 radical (unpaired) electrons. The molecule has 144 valence electrons. The van der Waals surface area contributed by atoms with Crippen molar-refractivity contribution in [2.45, 2.75) is 25.3 Å². The number of rotatable bonds is 8. The fourth-order valence-electron chi connectivity index (χ4n) is 3.12. The zero-order valence-electron chi connectivity index (χ0n) is 15.7. The Morgan fingerprint density at radius 3 is 2.63 bits per heavy atom. The highest BCUT2D eigenvalue weighted by molar-refractivity contribution is 6.30. The van der Waals surface area contributed by atoms with Crippen molar-refractivity contribution in [1.82, 2.24) is 10.2 Å². The van der Waals surface area contributed by atoms with Gasteiger partial charge in [-0.05, 0) is 62.3 Å². The Morgan fingerprint density at radius 1 is 1.15 bits per heavy atom. The van der Waals surface area contributed by atoms with E-state index in [9.17, 15) is 4.79 Å². The van der Waals surface area contributed by atoms with Crippen LogP contribution in [-0.4, -0.2) is 38.2 Å². The fraction of sp³-hybridized carbons (Fsp3) is 0.381. The highest BCUT2D eigenvalue weighted by Gasteiger charge is 2.20. The molecule has 0 bridgehead atoms. The van der Waals surface area contributed by atoms with E-state index in [1.165, 1.54) is 5.56 Å². The molecular formula is C21H25ClN2O3. The molecule has 1 heterocycles. The molecule has 1 N–H and O–H groups in total. The monoisotopic (exact) mass is 388 g/mol. The number of ether oxygens (including phenoxy) is 2. The Hall–Kier alpha value is -2.24. The molecule has 0 aromatic heterocycles. The first kappa shape index (κ1) is 19.5. The van der Waals surface area contributed by atoms with E-state index in [0.717, 1.165) is 34.9 Å². The topological polar surface area (TPSA) is 50.8 Å². The van der Waals surface area contributed by atoms with Crippen molar-refractivity contribution < 1.29 is 14.3 Å². The van der Waals surface area contributed by atoms with Crippen LogP contribution in [0.3, 0.4) is 0 Å². The third kappa shape index (κ3) is 5.37. The Kier molecular flexibility index (Phi) is 6.58. The van der Waals surface area contributed by atoms with Gasteiger partial charge in [-0.3, -0.25) is 4.79 Å². The SMILES string of the molecule is CN(C)C(CNC(=O)CCCc1ccc(Cl)cc1)c1ccc2c(c1)OCO2. The highest BCUT2D eigenvalue weighted by Crippen LogP contribution is 2.34. The second-order valence-corrected chi connectivity index (χ2v) is 7.31. The summed E-state index contributed by atoms with van der Waals surface area (Å²) in [6.45, 7) is 0.808. The third-order valence-electron chi connectivity index (χ3n) is 4.68. The first-order chi connectivity index (χ1) is 13.0. The zero-order valence-corrected chi connectivity index (χ0v) is 16.5. The van der Waals surface area contributed by atoms with Gasteiger partial charge in [-0.25, -0.2) is 0 Å². The van der Waals surface area contributed by atoms with E-state index in [-0.39, 0.29) is 18.7 Å². The van der Waals surface area contributed by atoms with Gasteiger partial charge in [0.15, 0.2) is 11.5 Å². The van der Waals surface area contributed by atoms with Crippen LogP contribution < -0.4 is 14.8 Å². The Labute approximate surface area is 165 Å². The van der Waals surface area contributed by atoms with Gasteiger partial charge >= 0.3 is 0 Å². The molecule has 2 aromatic rings. The normalized spacial score (nSPS) is 13.6. The van der Waals surface area contributed by atoms with Crippen LogP contribution in [0.15, 0.2) is 42.5 Å². The highest BCUT2D eigenvalue weighted by atomic mass is 35.5. The van der Waals surface area contributed by atoms with E-state index >= 15 is 0 Å². The quantitative estimate of drug-likeness (QED) is 0.747. The average Bonchev–Trinajstić information content (AvgIpc) is 3.11. The van der Waals surface area contributed by atoms with Crippen molar-refractivity contribution in [3.63, 3.8) is 0 Å². The van der Waals surface area contributed by atoms with Crippen LogP contribution >= 0.6 is 11.6 Å². The molecular weight excluding hydrogens is 364 g/mol. The lowest BCUT2D eigenvalue weighted by molar-refractivity contribution is -0.121. The minimum absolute atomic E-state index is 0.0663. The molecule has 3 rings (SSSR count). The molecule has 1 aliphatic rings. The predicted octanol–water partition coefficient (Wildman–Crippen LogP) is 3.81. The minimum Gasteiger partial charge on any atom is -0.454 e. The van der Waals surface area contributed by atoms with Crippen LogP contribution in [0.2, 0.25) is 5.02 Å². The number of halogens is 1. The van der Waals surface area contributed by atoms with Gasteiger partial charge in [0, 0.05) is 18.0 Å². The predicted molar refractivity (Wildman–Crippen MR) is 106 cm³/mol. The van der Waals surface area contributed by atoms with Gasteiger partial charge in [0.05, 0.1) is 6.04 Å². The molecule has 5 nitrogen and oxygen atoms in total. The first-order valence-corrected chi connectivity index (χ1v) is 9.48. The molecule has 27 heavy (non-hydrogen) atoms. The summed E-state index contributed by atoms with van der Waals surface area (Å²) in [7, 11) is 4.00. The molecule has 1 unspecified atom stereocenters. The summed E-state index contributed by atoms with van der Waals surface area (Å²) in [5.74, 6) is 1.59. The fourth-order valence-corrected chi connectivity index (χ4v) is 3.25. The number of benzene rings is 2. The lowest BCUT2D eigenvalue weighted by Gasteiger charge is -2.25. The van der Waals surface area contributed by atoms with Gasteiger partial charge in [-0.2, -0.15) is 0 Å². The van der Waals surface area contributed by atoms with Crippen LogP contribution in [0.25, 0.3) is 0 Å². The number of amides is 1. The van der Waals surface area contributed by atoms with E-state index < -0.39 is 0 Å². The Balaban J connectivity index is 1.48. The largest absolute Gasteiger partial charge is 0.454 e. The van der Waals surface area contributed by atoms with Gasteiger partial charge < -0.3 is 19.7 Å². The number of fused-ring (bicyclic) bond motifs is 1. The van der Waals surface area contributed by atoms with E-state index in [1.807, 2.05) is 56.6 Å². The van der Waals surface area contributed by atoms with Crippen LogP contribution in [0, 0.1) is 0 Å². The first-order valence-electron chi connectivity index (χ1n) is 9.10. The molecule has 2 aromatic carbocycles. The number of hydrogen-bond acceptors (Lipinski definition) is 4. The molecule has 1 aliphatic heterocycles. The number of carbonyl (C=O) groups excluding carboxylic acids is 1. The number of hydrogen-bond donors (Lipinski definition) is 1. The van der Waals surface area contributed by atoms with Crippen molar-refractivity contribution >= 4 is 17.5 Å². The second-order valence-electron chi connectivity index (χ2n) is 6.88. The lowest BCUT2D eigenvalue weighted by Crippen LogP contribution is -2.34. The smallest absolute Gasteiger partial charge is 0.231 e. The molecule has 6 heteroatoms. The number of nitrogens with one attached hydrogen (secondary N) is 1. The Morgan fingerprint density at radius 2 is 1.89 bits per heavy atom. The summed E-state index contributed by atoms with van der Waals surface area (Å²) in [6.07, 6.45) is 2.18. The average molecular weight is 389 g/mol. The molecule has 0 aliphatic carbocycles. The standard InChI is InChI=1S/C21H25ClN2O3/c1-24(2)18(16-8-11-19-20(12-16)27-14-26-19)13-23-21(25)5-3-4-15-6-9-17(22)10-7-15/h6-12,18H,3-5,13-14H2,1-2H3,(H,23,25). The minimum atomic E-state index is 0.0663. The van der Waals surface area contributed by atoms with Crippen LogP contribution in [-0.2, 0) is 11.2 Å². The molecule has 1 amide bonds. The Bertz CT molecular complexity index is 777. The van der Waals surface area contributed by atoms with Crippen LogP contribution in [0.5, 0.6) is 11.5 Å². The molecule has 0 spiro atoms. The summed E-state index contributed by atoms with van der Waals surface area (Å²) in [6, 6.07) is 13.8. The van der Waals surface area contributed by atoms with Gasteiger partial charge in [-0.1, -0.05) is 29.8 Å². The molecule has 0 saturated carbocycles. The maximum absolute atomic E-state index is 12.2. The number of carbonyl (C=O) groups is 1. The van der Waals surface area contributed by atoms with Gasteiger partial charge in [0.2, 0.25) is 12.7 Å². The maximum atomic E-state index is 12.2. The second kappa shape index (κ2) is 9.11. The van der Waals surface area contributed by atoms with Gasteiger partial charge in [-0.15, -0.1) is 0 Å². The van der Waals surface area contributed by atoms with E-state index in [0.29, 0.717) is 13.0 Å². The van der Waals surface area contributed by atoms with Crippen LogP contribution in [0.4, 0.5) is 0 Å². The summed E-state index contributed by atoms with van der Waals surface area (Å²) >= 11 is 5.89. The zero-order chi connectivity index (χ0) is 19.2. The number of likely N-dealkylation sites (N-methyl/N-ethyl adjacent to an activating group) is 1. The number of aryl methyl sites for hydroxylation is 1. The maximum Gasteiger partial charge on any atom is 0.231 e. The lowest BCUT2D eigenvalue weighted by atomic mass is 10.0. The van der Waals surface area contributed by atoms with E-state index in [1.54, 1.807) is 0 Å². The van der Waals surface area contributed by atoms with E-state index in [2.05, 4.69) is 10.2 Å². The number of nitrogens with zero attached hydrogens (tertiary/aromatic N) is 1. The molecule has 1 atom stereocenters. The van der Waals surface area contributed by atoms with Crippen molar-refractivity contribution in [3.05, 3.63) is 58.6 Å². The van der Waals surface area contributed by atoms with Gasteiger partial charge in [0.1, 0.15) is 0 Å². The van der Waals surface area contributed by atoms with Crippen molar-refractivity contribution in [3.8, 4) is 11.5 Å². The summed E-state index contributed by atoms with van der Waals surface area (Å²) in [4.78, 5) is 14.3. The van der Waals surface area contributed by atoms with Crippen LogP contribution in [0.1, 0.15) is 30.0 Å². The molecule has 0 fully saturated rings. The third-order valence-corrected chi connectivity index (χ3v) is 4.93. The van der Waals surface area contributed by atoms with E-state index in [4.69, 9.17) is 21.1 Å². The van der Waals surface area contributed by atoms with Crippen molar-refractivity contribution in [2.24, 2.45) is 0 Å². The van der Waals surface area contributed by atoms with Crippen molar-refractivity contribution in [2.75, 3.05) is 27.4 Å². The summed E-state index contributed by atoms with van der Waals surface area (Å²) in [5, 5.41) is 3.78.